The summed E-state index contributed by atoms with van der Waals surface area (Å²) < 4.78 is 34.7. The first kappa shape index (κ1) is 18.5. The summed E-state index contributed by atoms with van der Waals surface area (Å²) >= 11 is 0. The second-order valence-corrected chi connectivity index (χ2v) is 14.8. The Morgan fingerprint density at radius 1 is 1.26 bits per heavy atom. The van der Waals surface area contributed by atoms with E-state index in [2.05, 4.69) is 19.6 Å². The molecule has 4 nitrogen and oxygen atoms in total. The predicted octanol–water partition coefficient (Wildman–Crippen LogP) is 4.06. The summed E-state index contributed by atoms with van der Waals surface area (Å²) in [6.07, 6.45) is 3.54. The lowest BCUT2D eigenvalue weighted by atomic mass is 10.1. The Morgan fingerprint density at radius 3 is 2.35 bits per heavy atom. The van der Waals surface area contributed by atoms with Crippen LogP contribution in [0.3, 0.4) is 0 Å². The third-order valence-corrected chi connectivity index (χ3v) is 7.90. The molecule has 0 saturated heterocycles. The summed E-state index contributed by atoms with van der Waals surface area (Å²) in [6.45, 7) is 8.84. The SMILES string of the molecule is CC(CCC1(OS(C)(=O)=O)CC1[Si](C)(C)C)Oc1ccccc1. The maximum absolute atomic E-state index is 11.7. The van der Waals surface area contributed by atoms with Crippen molar-refractivity contribution in [3.8, 4) is 5.75 Å². The highest BCUT2D eigenvalue weighted by Crippen LogP contribution is 2.61. The van der Waals surface area contributed by atoms with E-state index < -0.39 is 23.8 Å². The van der Waals surface area contributed by atoms with Crippen LogP contribution in [0.1, 0.15) is 26.2 Å². The Bertz CT molecular complexity index is 624. The normalized spacial score (nSPS) is 25.9. The van der Waals surface area contributed by atoms with Crippen LogP contribution in [0.2, 0.25) is 25.2 Å². The minimum absolute atomic E-state index is 0.0281. The van der Waals surface area contributed by atoms with E-state index in [1.807, 2.05) is 37.3 Å². The van der Waals surface area contributed by atoms with Crippen LogP contribution >= 0.6 is 0 Å². The molecule has 0 bridgehead atoms. The lowest BCUT2D eigenvalue weighted by molar-refractivity contribution is 0.139. The van der Waals surface area contributed by atoms with Gasteiger partial charge < -0.3 is 4.74 Å². The molecule has 0 N–H and O–H groups in total. The van der Waals surface area contributed by atoms with Crippen LogP contribution in [-0.4, -0.2) is 34.5 Å². The van der Waals surface area contributed by atoms with Gasteiger partial charge in [-0.05, 0) is 43.9 Å². The molecule has 1 aliphatic carbocycles. The van der Waals surface area contributed by atoms with E-state index in [1.54, 1.807) is 0 Å². The summed E-state index contributed by atoms with van der Waals surface area (Å²) in [7, 11) is -4.87. The fraction of sp³-hybridized carbons (Fsp3) is 0.647. The quantitative estimate of drug-likeness (QED) is 0.520. The zero-order valence-electron chi connectivity index (χ0n) is 14.7. The molecule has 2 rings (SSSR count). The van der Waals surface area contributed by atoms with Crippen LogP contribution in [-0.2, 0) is 14.3 Å². The molecule has 0 radical (unpaired) electrons. The van der Waals surface area contributed by atoms with Crippen molar-refractivity contribution in [2.45, 2.75) is 63.1 Å². The maximum Gasteiger partial charge on any atom is 0.264 e. The Kier molecular flexibility index (Phi) is 5.28. The smallest absolute Gasteiger partial charge is 0.264 e. The first-order valence-corrected chi connectivity index (χ1v) is 13.5. The fourth-order valence-electron chi connectivity index (χ4n) is 3.33. The molecule has 0 aromatic heterocycles. The molecule has 130 valence electrons. The van der Waals surface area contributed by atoms with Crippen LogP contribution in [0.4, 0.5) is 0 Å². The molecule has 0 spiro atoms. The van der Waals surface area contributed by atoms with E-state index in [1.165, 1.54) is 0 Å². The number of ether oxygens (including phenoxy) is 1. The van der Waals surface area contributed by atoms with Crippen LogP contribution in [0.25, 0.3) is 0 Å². The second-order valence-electron chi connectivity index (χ2n) is 7.76. The highest BCUT2D eigenvalue weighted by molar-refractivity contribution is 7.86. The molecule has 3 unspecified atom stereocenters. The Morgan fingerprint density at radius 2 is 1.87 bits per heavy atom. The summed E-state index contributed by atoms with van der Waals surface area (Å²) in [5.41, 5.74) is -0.0968. The van der Waals surface area contributed by atoms with Gasteiger partial charge in [0.05, 0.1) is 26.0 Å². The lowest BCUT2D eigenvalue weighted by Crippen LogP contribution is -2.31. The van der Waals surface area contributed by atoms with Crippen molar-refractivity contribution in [3.63, 3.8) is 0 Å². The average molecular weight is 357 g/mol. The third kappa shape index (κ3) is 5.33. The van der Waals surface area contributed by atoms with Crippen molar-refractivity contribution in [3.05, 3.63) is 30.3 Å². The lowest BCUT2D eigenvalue weighted by Gasteiger charge is -2.24. The highest BCUT2D eigenvalue weighted by Gasteiger charge is 2.62. The van der Waals surface area contributed by atoms with Gasteiger partial charge in [-0.25, -0.2) is 0 Å². The fourth-order valence-corrected chi connectivity index (χ4v) is 7.03. The molecule has 3 atom stereocenters. The molecule has 0 aliphatic heterocycles. The molecule has 1 saturated carbocycles. The molecule has 1 fully saturated rings. The third-order valence-electron chi connectivity index (χ3n) is 4.44. The van der Waals surface area contributed by atoms with Crippen molar-refractivity contribution in [1.82, 2.24) is 0 Å². The van der Waals surface area contributed by atoms with E-state index in [-0.39, 0.29) is 6.10 Å². The molecule has 6 heteroatoms. The van der Waals surface area contributed by atoms with E-state index in [4.69, 9.17) is 8.92 Å². The van der Waals surface area contributed by atoms with Gasteiger partial charge in [-0.2, -0.15) is 8.42 Å². The molecular formula is C17H28O4SSi. The number of rotatable bonds is 8. The van der Waals surface area contributed by atoms with Crippen molar-refractivity contribution in [2.24, 2.45) is 0 Å². The van der Waals surface area contributed by atoms with Crippen molar-refractivity contribution >= 4 is 18.2 Å². The first-order chi connectivity index (χ1) is 10.5. The van der Waals surface area contributed by atoms with Crippen LogP contribution in [0.15, 0.2) is 30.3 Å². The standard InChI is InChI=1S/C17H28O4SSi/c1-14(20-15-9-7-6-8-10-15)11-12-17(21-22(2,18)19)13-16(17)23(3,4)5/h6-10,14,16H,11-13H2,1-5H3. The Balaban J connectivity index is 1.97. The zero-order valence-corrected chi connectivity index (χ0v) is 16.5. The zero-order chi connectivity index (χ0) is 17.3. The number of hydrogen-bond acceptors (Lipinski definition) is 4. The van der Waals surface area contributed by atoms with Crippen LogP contribution in [0.5, 0.6) is 5.75 Å². The minimum Gasteiger partial charge on any atom is -0.491 e. The van der Waals surface area contributed by atoms with Gasteiger partial charge >= 0.3 is 0 Å². The predicted molar refractivity (Wildman–Crippen MR) is 96.1 cm³/mol. The molecule has 1 aliphatic rings. The van der Waals surface area contributed by atoms with Gasteiger partial charge in [-0.3, -0.25) is 4.18 Å². The van der Waals surface area contributed by atoms with E-state index in [9.17, 15) is 8.42 Å². The molecule has 0 heterocycles. The topological polar surface area (TPSA) is 52.6 Å². The van der Waals surface area contributed by atoms with Gasteiger partial charge in [-0.15, -0.1) is 0 Å². The summed E-state index contributed by atoms with van der Waals surface area (Å²) in [5.74, 6) is 0.843. The minimum atomic E-state index is -3.44. The van der Waals surface area contributed by atoms with Crippen LogP contribution < -0.4 is 4.74 Å². The van der Waals surface area contributed by atoms with E-state index in [0.29, 0.717) is 5.54 Å². The first-order valence-electron chi connectivity index (χ1n) is 8.14. The second kappa shape index (κ2) is 6.57. The van der Waals surface area contributed by atoms with Crippen molar-refractivity contribution < 1.29 is 17.3 Å². The summed E-state index contributed by atoms with van der Waals surface area (Å²) in [4.78, 5) is 0. The average Bonchev–Trinajstić information content (AvgIpc) is 3.10. The Hall–Kier alpha value is -0.853. The van der Waals surface area contributed by atoms with Gasteiger partial charge in [0.25, 0.3) is 10.1 Å². The molecule has 1 aromatic rings. The van der Waals surface area contributed by atoms with Crippen molar-refractivity contribution in [2.75, 3.05) is 6.26 Å². The maximum atomic E-state index is 11.7. The van der Waals surface area contributed by atoms with Crippen LogP contribution in [0, 0.1) is 0 Å². The summed E-state index contributed by atoms with van der Waals surface area (Å²) in [6, 6.07) is 9.70. The molecule has 0 amide bonds. The Labute approximate surface area is 141 Å². The summed E-state index contributed by atoms with van der Waals surface area (Å²) in [5, 5.41) is 0. The number of hydrogen-bond donors (Lipinski definition) is 0. The van der Waals surface area contributed by atoms with E-state index in [0.717, 1.165) is 31.3 Å². The van der Waals surface area contributed by atoms with Gasteiger partial charge in [-0.1, -0.05) is 37.8 Å². The van der Waals surface area contributed by atoms with Gasteiger partial charge in [0, 0.05) is 0 Å². The molecule has 23 heavy (non-hydrogen) atoms. The van der Waals surface area contributed by atoms with Gasteiger partial charge in [0.15, 0.2) is 0 Å². The molecule has 1 aromatic carbocycles. The monoisotopic (exact) mass is 356 g/mol. The van der Waals surface area contributed by atoms with E-state index >= 15 is 0 Å². The number of para-hydroxylation sites is 1. The largest absolute Gasteiger partial charge is 0.491 e. The molecular weight excluding hydrogens is 328 g/mol. The van der Waals surface area contributed by atoms with Crippen molar-refractivity contribution in [1.29, 1.82) is 0 Å². The highest BCUT2D eigenvalue weighted by atomic mass is 32.2. The van der Waals surface area contributed by atoms with Gasteiger partial charge in [0.2, 0.25) is 0 Å². The number of benzene rings is 1. The van der Waals surface area contributed by atoms with Gasteiger partial charge in [0.1, 0.15) is 5.75 Å².